The van der Waals surface area contributed by atoms with Gasteiger partial charge in [-0.2, -0.15) is 0 Å². The van der Waals surface area contributed by atoms with Crippen LogP contribution in [0.25, 0.3) is 11.1 Å². The van der Waals surface area contributed by atoms with E-state index in [1.807, 2.05) is 12.1 Å². The molecule has 0 spiro atoms. The fraction of sp³-hybridized carbons (Fsp3) is 0.176. The predicted octanol–water partition coefficient (Wildman–Crippen LogP) is 3.54. The van der Waals surface area contributed by atoms with Crippen LogP contribution < -0.4 is 18.9 Å². The number of hydrogen-bond donors (Lipinski definition) is 0. The lowest BCUT2D eigenvalue weighted by Crippen LogP contribution is -2.12. The molecular formula is C17H12BrClN4O4. The molecule has 1 aromatic carbocycles. The van der Waals surface area contributed by atoms with Crippen LogP contribution in [0.3, 0.4) is 0 Å². The van der Waals surface area contributed by atoms with Crippen molar-refractivity contribution in [2.45, 2.75) is 0 Å². The summed E-state index contributed by atoms with van der Waals surface area (Å²) in [5, 5.41) is 0.274. The number of halogens is 2. The molecule has 0 radical (unpaired) electrons. The maximum atomic E-state index is 6.28. The van der Waals surface area contributed by atoms with Gasteiger partial charge in [-0.05, 0) is 33.6 Å². The highest BCUT2D eigenvalue weighted by molar-refractivity contribution is 9.10. The van der Waals surface area contributed by atoms with Gasteiger partial charge in [0.2, 0.25) is 12.7 Å². The van der Waals surface area contributed by atoms with Crippen molar-refractivity contribution in [3.05, 3.63) is 46.5 Å². The molecular weight excluding hydrogens is 440 g/mol. The topological polar surface area (TPSA) is 88.5 Å². The average molecular weight is 452 g/mol. The molecule has 2 aromatic heterocycles. The van der Waals surface area contributed by atoms with Gasteiger partial charge in [0, 0.05) is 12.4 Å². The quantitative estimate of drug-likeness (QED) is 0.415. The van der Waals surface area contributed by atoms with Crippen molar-refractivity contribution >= 4 is 27.5 Å². The number of ether oxygens (including phenoxy) is 4. The van der Waals surface area contributed by atoms with E-state index in [-0.39, 0.29) is 31.2 Å². The first kappa shape index (κ1) is 17.7. The summed E-state index contributed by atoms with van der Waals surface area (Å²) in [6.45, 7) is 0.658. The number of aromatic nitrogens is 4. The monoisotopic (exact) mass is 450 g/mol. The molecule has 0 atom stereocenters. The maximum absolute atomic E-state index is 6.28. The van der Waals surface area contributed by atoms with E-state index in [2.05, 4.69) is 35.9 Å². The Labute approximate surface area is 167 Å². The minimum absolute atomic E-state index is 0.191. The van der Waals surface area contributed by atoms with Crippen molar-refractivity contribution in [2.75, 3.05) is 20.0 Å². The summed E-state index contributed by atoms with van der Waals surface area (Å²) in [6.07, 6.45) is 4.54. The van der Waals surface area contributed by atoms with E-state index in [4.69, 9.17) is 30.5 Å². The van der Waals surface area contributed by atoms with E-state index in [1.54, 1.807) is 18.5 Å². The van der Waals surface area contributed by atoms with Crippen LogP contribution in [0.5, 0.6) is 23.4 Å². The third kappa shape index (κ3) is 4.04. The lowest BCUT2D eigenvalue weighted by molar-refractivity contribution is 0.174. The fourth-order valence-corrected chi connectivity index (χ4v) is 2.84. The Morgan fingerprint density at radius 3 is 2.63 bits per heavy atom. The molecule has 27 heavy (non-hydrogen) atoms. The smallest absolute Gasteiger partial charge is 0.316 e. The van der Waals surface area contributed by atoms with E-state index in [9.17, 15) is 0 Å². The largest absolute Gasteiger partial charge is 0.473 e. The van der Waals surface area contributed by atoms with Gasteiger partial charge in [0.15, 0.2) is 11.5 Å². The van der Waals surface area contributed by atoms with Crippen molar-refractivity contribution in [1.29, 1.82) is 0 Å². The normalized spacial score (nSPS) is 12.1. The molecule has 10 heteroatoms. The molecule has 3 heterocycles. The molecule has 8 nitrogen and oxygen atoms in total. The van der Waals surface area contributed by atoms with Crippen LogP contribution in [0.1, 0.15) is 0 Å². The SMILES string of the molecule is Clc1ncnc(OCCOc2ncc(Br)cn2)c1-c1ccc2c(c1)OCO2. The van der Waals surface area contributed by atoms with Crippen LogP contribution in [0.15, 0.2) is 41.4 Å². The molecule has 138 valence electrons. The molecule has 0 saturated heterocycles. The molecule has 0 unspecified atom stereocenters. The van der Waals surface area contributed by atoms with Crippen molar-refractivity contribution in [3.63, 3.8) is 0 Å². The van der Waals surface area contributed by atoms with Crippen molar-refractivity contribution < 1.29 is 18.9 Å². The lowest BCUT2D eigenvalue weighted by atomic mass is 10.1. The minimum atomic E-state index is 0.191. The first-order chi connectivity index (χ1) is 13.2. The highest BCUT2D eigenvalue weighted by atomic mass is 79.9. The Kier molecular flexibility index (Phi) is 5.21. The lowest BCUT2D eigenvalue weighted by Gasteiger charge is -2.12. The van der Waals surface area contributed by atoms with Gasteiger partial charge in [0.05, 0.1) is 10.0 Å². The average Bonchev–Trinajstić information content (AvgIpc) is 3.14. The van der Waals surface area contributed by atoms with Gasteiger partial charge in [-0.1, -0.05) is 17.7 Å². The number of nitrogens with zero attached hydrogens (tertiary/aromatic N) is 4. The number of hydrogen-bond acceptors (Lipinski definition) is 8. The summed E-state index contributed by atoms with van der Waals surface area (Å²) < 4.78 is 22.7. The summed E-state index contributed by atoms with van der Waals surface area (Å²) in [5.74, 6) is 1.65. The van der Waals surface area contributed by atoms with E-state index < -0.39 is 0 Å². The Morgan fingerprint density at radius 1 is 1.00 bits per heavy atom. The third-order valence-electron chi connectivity index (χ3n) is 3.58. The first-order valence-corrected chi connectivity index (χ1v) is 9.01. The highest BCUT2D eigenvalue weighted by Crippen LogP contribution is 2.40. The van der Waals surface area contributed by atoms with Crippen LogP contribution in [-0.4, -0.2) is 39.9 Å². The van der Waals surface area contributed by atoms with Gasteiger partial charge < -0.3 is 18.9 Å². The standard InChI is InChI=1S/C17H12BrClN4O4/c18-11-6-20-17(21-7-11)25-4-3-24-16-14(15(19)22-8-23-16)10-1-2-12-13(5-10)27-9-26-12/h1-2,5-8H,3-4,9H2. The van der Waals surface area contributed by atoms with Gasteiger partial charge in [-0.15, -0.1) is 0 Å². The van der Waals surface area contributed by atoms with E-state index in [0.29, 0.717) is 22.9 Å². The molecule has 0 saturated carbocycles. The molecule has 0 bridgehead atoms. The van der Waals surface area contributed by atoms with Crippen molar-refractivity contribution in [3.8, 4) is 34.5 Å². The fourth-order valence-electron chi connectivity index (χ4n) is 2.40. The summed E-state index contributed by atoms with van der Waals surface area (Å²) in [5.41, 5.74) is 1.33. The second-order valence-electron chi connectivity index (χ2n) is 5.29. The summed E-state index contributed by atoms with van der Waals surface area (Å²) in [7, 11) is 0. The minimum Gasteiger partial charge on any atom is -0.473 e. The number of fused-ring (bicyclic) bond motifs is 1. The van der Waals surface area contributed by atoms with Gasteiger partial charge in [0.25, 0.3) is 0 Å². The molecule has 0 aliphatic carbocycles. The zero-order chi connectivity index (χ0) is 18.6. The summed E-state index contributed by atoms with van der Waals surface area (Å²) in [4.78, 5) is 16.3. The van der Waals surface area contributed by atoms with Crippen molar-refractivity contribution in [2.24, 2.45) is 0 Å². The maximum Gasteiger partial charge on any atom is 0.316 e. The van der Waals surface area contributed by atoms with Crippen LogP contribution >= 0.6 is 27.5 Å². The molecule has 0 amide bonds. The van der Waals surface area contributed by atoms with E-state index in [1.165, 1.54) is 6.33 Å². The first-order valence-electron chi connectivity index (χ1n) is 7.84. The van der Waals surface area contributed by atoms with Crippen molar-refractivity contribution in [1.82, 2.24) is 19.9 Å². The molecule has 3 aromatic rings. The molecule has 1 aliphatic heterocycles. The van der Waals surface area contributed by atoms with Crippen LogP contribution in [0.4, 0.5) is 0 Å². The zero-order valence-corrected chi connectivity index (χ0v) is 16.1. The summed E-state index contributed by atoms with van der Waals surface area (Å²) in [6, 6.07) is 5.72. The Bertz CT molecular complexity index is 958. The second-order valence-corrected chi connectivity index (χ2v) is 6.57. The summed E-state index contributed by atoms with van der Waals surface area (Å²) >= 11 is 9.54. The number of rotatable bonds is 6. The number of benzene rings is 1. The predicted molar refractivity (Wildman–Crippen MR) is 99.3 cm³/mol. The van der Waals surface area contributed by atoms with Crippen LogP contribution in [-0.2, 0) is 0 Å². The van der Waals surface area contributed by atoms with E-state index in [0.717, 1.165) is 10.0 Å². The zero-order valence-electron chi connectivity index (χ0n) is 13.8. The Morgan fingerprint density at radius 2 is 1.78 bits per heavy atom. The third-order valence-corrected chi connectivity index (χ3v) is 4.27. The molecule has 0 fully saturated rings. The highest BCUT2D eigenvalue weighted by Gasteiger charge is 2.19. The van der Waals surface area contributed by atoms with Crippen LogP contribution in [0.2, 0.25) is 5.15 Å². The molecule has 1 aliphatic rings. The van der Waals surface area contributed by atoms with Gasteiger partial charge in [0.1, 0.15) is 24.7 Å². The second kappa shape index (κ2) is 7.93. The molecule has 4 rings (SSSR count). The van der Waals surface area contributed by atoms with Gasteiger partial charge >= 0.3 is 6.01 Å². The Balaban J connectivity index is 1.47. The molecule has 0 N–H and O–H groups in total. The Hall–Kier alpha value is -2.65. The van der Waals surface area contributed by atoms with E-state index >= 15 is 0 Å². The van der Waals surface area contributed by atoms with Gasteiger partial charge in [-0.25, -0.2) is 19.9 Å². The van der Waals surface area contributed by atoms with Gasteiger partial charge in [-0.3, -0.25) is 0 Å². The van der Waals surface area contributed by atoms with Crippen LogP contribution in [0, 0.1) is 0 Å².